The van der Waals surface area contributed by atoms with E-state index in [-0.39, 0.29) is 59.5 Å². The quantitative estimate of drug-likeness (QED) is 0.0687. The number of ketones is 1. The van der Waals surface area contributed by atoms with Crippen LogP contribution in [0.1, 0.15) is 112 Å². The molecule has 7 rings (SSSR count). The van der Waals surface area contributed by atoms with Crippen LogP contribution in [0, 0.1) is 40.4 Å². The standard InChI is InChI=1S/C54H60ClN7O8S/c1-30(32-10-12-33(13-11-32)46-31(2)59-29-71-46)60-49(67)41-22-37(63)28-62(41)50(68)47(52(3,4)5)61-44(65)27-58-48(66)34-14-18-38(19-15-34)69-45-21-17-36(26-57-45)42(64)24-43-53(6,7)51(54(43,8)9)70-39-20-16-35(25-56)40(55)23-39/h10-21,23,26,29-30,37,41,43,47,51,63H,22,24,27-28H2,1-9H3,(H,58,66)(H,60,67)(H,61,65)/t30-,37+,41-,43-,47+,51-/m0/s1. The highest BCUT2D eigenvalue weighted by Crippen LogP contribution is 2.62. The minimum absolute atomic E-state index is 0.00207. The third-order valence-electron chi connectivity index (χ3n) is 13.7. The Hall–Kier alpha value is -6.67. The maximum atomic E-state index is 14.1. The van der Waals surface area contributed by atoms with Crippen molar-refractivity contribution in [1.82, 2.24) is 30.8 Å². The van der Waals surface area contributed by atoms with Crippen molar-refractivity contribution in [3.63, 3.8) is 0 Å². The monoisotopic (exact) mass is 1000 g/mol. The van der Waals surface area contributed by atoms with Gasteiger partial charge in [-0.3, -0.25) is 24.0 Å². The van der Waals surface area contributed by atoms with Crippen molar-refractivity contribution < 1.29 is 38.6 Å². The largest absolute Gasteiger partial charge is 0.489 e. The highest BCUT2D eigenvalue weighted by Gasteiger charge is 2.63. The first kappa shape index (κ1) is 52.2. The summed E-state index contributed by atoms with van der Waals surface area (Å²) in [7, 11) is 0. The maximum Gasteiger partial charge on any atom is 0.251 e. The van der Waals surface area contributed by atoms with E-state index in [0.717, 1.165) is 21.7 Å². The number of carbonyl (C=O) groups is 5. The summed E-state index contributed by atoms with van der Waals surface area (Å²) in [5.41, 5.74) is 4.21. The van der Waals surface area contributed by atoms with Gasteiger partial charge in [0.2, 0.25) is 23.6 Å². The number of ether oxygens (including phenoxy) is 2. The molecule has 1 aliphatic heterocycles. The minimum Gasteiger partial charge on any atom is -0.489 e. The fourth-order valence-electron chi connectivity index (χ4n) is 10.0. The van der Waals surface area contributed by atoms with Crippen LogP contribution in [0.5, 0.6) is 17.4 Å². The molecule has 5 aromatic rings. The van der Waals surface area contributed by atoms with Crippen LogP contribution in [0.15, 0.2) is 90.6 Å². The van der Waals surface area contributed by atoms with Crippen LogP contribution in [0.2, 0.25) is 5.02 Å². The van der Waals surface area contributed by atoms with E-state index >= 15 is 0 Å². The Morgan fingerprint density at radius 1 is 0.930 bits per heavy atom. The van der Waals surface area contributed by atoms with Crippen LogP contribution in [0.25, 0.3) is 10.4 Å². The van der Waals surface area contributed by atoms with E-state index in [4.69, 9.17) is 21.1 Å². The molecule has 1 saturated carbocycles. The van der Waals surface area contributed by atoms with Gasteiger partial charge in [0.05, 0.1) is 45.4 Å². The number of aromatic nitrogens is 2. The number of benzene rings is 3. The van der Waals surface area contributed by atoms with Crippen molar-refractivity contribution >= 4 is 52.3 Å². The number of aliphatic hydroxyl groups is 1. The molecule has 0 spiro atoms. The summed E-state index contributed by atoms with van der Waals surface area (Å²) in [6.07, 6.45) is 0.666. The lowest BCUT2D eigenvalue weighted by Gasteiger charge is -2.63. The van der Waals surface area contributed by atoms with E-state index in [0.29, 0.717) is 27.6 Å². The van der Waals surface area contributed by atoms with Gasteiger partial charge in [0.15, 0.2) is 5.78 Å². The first-order valence-electron chi connectivity index (χ1n) is 23.5. The molecule has 1 aliphatic carbocycles. The summed E-state index contributed by atoms with van der Waals surface area (Å²) < 4.78 is 12.3. The molecule has 4 amide bonds. The lowest BCUT2D eigenvalue weighted by Crippen LogP contribution is -2.66. The molecule has 17 heteroatoms. The molecule has 2 fully saturated rings. The fraction of sp³-hybridized carbons (Fsp3) is 0.407. The number of rotatable bonds is 16. The van der Waals surface area contributed by atoms with Crippen molar-refractivity contribution in [3.05, 3.63) is 124 Å². The number of carbonyl (C=O) groups excluding carboxylic acids is 5. The lowest BCUT2D eigenvalue weighted by molar-refractivity contribution is -0.196. The number of likely N-dealkylation sites (tertiary alicyclic amines) is 1. The van der Waals surface area contributed by atoms with Crippen molar-refractivity contribution in [2.24, 2.45) is 22.2 Å². The molecule has 4 N–H and O–H groups in total. The SMILES string of the molecule is Cc1ncsc1-c1ccc([C@H](C)NC(=O)[C@@H]2C[C@@H](O)CN2C(=O)[C@@H](NC(=O)CNC(=O)c2ccc(Oc3ccc(C(=O)C[C@H]4C(C)(C)[C@H](Oc5ccc(C#N)c(Cl)c5)C4(C)C)cn3)cc2)C(C)(C)C)cc1. The predicted octanol–water partition coefficient (Wildman–Crippen LogP) is 8.63. The third-order valence-corrected chi connectivity index (χ3v) is 15.0. The molecule has 0 radical (unpaired) electrons. The second-order valence-corrected chi connectivity index (χ2v) is 21.9. The number of nitriles is 1. The Kier molecular flexibility index (Phi) is 15.4. The van der Waals surface area contributed by atoms with E-state index in [9.17, 15) is 34.3 Å². The Labute approximate surface area is 423 Å². The van der Waals surface area contributed by atoms with Crippen molar-refractivity contribution in [3.8, 4) is 33.9 Å². The molecule has 15 nitrogen and oxygen atoms in total. The maximum absolute atomic E-state index is 14.1. The van der Waals surface area contributed by atoms with Gasteiger partial charge in [0, 0.05) is 59.7 Å². The molecule has 0 bridgehead atoms. The summed E-state index contributed by atoms with van der Waals surface area (Å²) in [5.74, 6) is -0.965. The average Bonchev–Trinajstić information content (AvgIpc) is 3.95. The molecule has 3 aromatic carbocycles. The summed E-state index contributed by atoms with van der Waals surface area (Å²) in [6.45, 7) is 17.0. The second-order valence-electron chi connectivity index (χ2n) is 20.6. The first-order chi connectivity index (χ1) is 33.5. The zero-order chi connectivity index (χ0) is 51.6. The van der Waals surface area contributed by atoms with Gasteiger partial charge in [-0.1, -0.05) is 84.3 Å². The number of pyridine rings is 1. The number of β-amino-alcohol motifs (C(OH)–C–C–N with tert-alkyl or cyclic N) is 1. The number of Topliss-reactive ketones (excluding diaryl/α,β-unsaturated/α-hetero) is 1. The molecule has 71 heavy (non-hydrogen) atoms. The zero-order valence-corrected chi connectivity index (χ0v) is 42.9. The van der Waals surface area contributed by atoms with E-state index in [1.54, 1.807) is 80.1 Å². The van der Waals surface area contributed by atoms with E-state index in [2.05, 4.69) is 59.7 Å². The smallest absolute Gasteiger partial charge is 0.251 e. The number of nitrogens with zero attached hydrogens (tertiary/aromatic N) is 4. The number of hydrogen-bond acceptors (Lipinski definition) is 12. The molecule has 0 unspecified atom stereocenters. The minimum atomic E-state index is -1.08. The number of aliphatic hydroxyl groups excluding tert-OH is 1. The second kappa shape index (κ2) is 21.0. The highest BCUT2D eigenvalue weighted by molar-refractivity contribution is 7.13. The predicted molar refractivity (Wildman–Crippen MR) is 270 cm³/mol. The zero-order valence-electron chi connectivity index (χ0n) is 41.3. The number of hydrogen-bond donors (Lipinski definition) is 4. The van der Waals surface area contributed by atoms with Crippen LogP contribution in [-0.4, -0.2) is 86.8 Å². The van der Waals surface area contributed by atoms with Crippen LogP contribution in [0.4, 0.5) is 0 Å². The number of amides is 4. The van der Waals surface area contributed by atoms with Gasteiger partial charge in [-0.25, -0.2) is 9.97 Å². The lowest BCUT2D eigenvalue weighted by atomic mass is 9.44. The van der Waals surface area contributed by atoms with Crippen molar-refractivity contribution in [2.75, 3.05) is 13.1 Å². The van der Waals surface area contributed by atoms with Crippen LogP contribution >= 0.6 is 22.9 Å². The first-order valence-corrected chi connectivity index (χ1v) is 24.7. The van der Waals surface area contributed by atoms with Gasteiger partial charge in [-0.15, -0.1) is 11.3 Å². The van der Waals surface area contributed by atoms with Gasteiger partial charge in [-0.2, -0.15) is 5.26 Å². The molecule has 2 aromatic heterocycles. The topological polar surface area (TPSA) is 213 Å². The molecule has 1 saturated heterocycles. The summed E-state index contributed by atoms with van der Waals surface area (Å²) in [4.78, 5) is 78.9. The highest BCUT2D eigenvalue weighted by atomic mass is 35.5. The van der Waals surface area contributed by atoms with Crippen molar-refractivity contribution in [2.45, 2.75) is 105 Å². The Balaban J connectivity index is 0.884. The number of thiazole rings is 1. The molecule has 2 aliphatic rings. The van der Waals surface area contributed by atoms with Gasteiger partial charge < -0.3 is 35.4 Å². The Bertz CT molecular complexity index is 2820. The van der Waals surface area contributed by atoms with Crippen LogP contribution in [-0.2, 0) is 14.4 Å². The van der Waals surface area contributed by atoms with Crippen molar-refractivity contribution in [1.29, 1.82) is 5.26 Å². The summed E-state index contributed by atoms with van der Waals surface area (Å²) in [5, 5.41) is 28.6. The van der Waals surface area contributed by atoms with Gasteiger partial charge in [0.1, 0.15) is 35.8 Å². The normalized spacial score (nSPS) is 19.8. The van der Waals surface area contributed by atoms with Gasteiger partial charge >= 0.3 is 0 Å². The molecule has 372 valence electrons. The summed E-state index contributed by atoms with van der Waals surface area (Å²) >= 11 is 7.80. The third kappa shape index (κ3) is 11.6. The molecule has 4 atom stereocenters. The van der Waals surface area contributed by atoms with Gasteiger partial charge in [0.25, 0.3) is 5.91 Å². The fourth-order valence-corrected chi connectivity index (χ4v) is 11.0. The molecular formula is C54H60ClN7O8S. The molecule has 3 heterocycles. The van der Waals surface area contributed by atoms with E-state index in [1.807, 2.05) is 38.1 Å². The van der Waals surface area contributed by atoms with E-state index in [1.165, 1.54) is 23.2 Å². The number of aryl methyl sites for hydroxylation is 1. The number of nitrogens with one attached hydrogen (secondary N) is 3. The van der Waals surface area contributed by atoms with Crippen LogP contribution in [0.3, 0.4) is 0 Å². The number of halogens is 1. The Morgan fingerprint density at radius 2 is 1.59 bits per heavy atom. The van der Waals surface area contributed by atoms with Crippen LogP contribution < -0.4 is 25.4 Å². The summed E-state index contributed by atoms with van der Waals surface area (Å²) in [6, 6.07) is 21.9. The van der Waals surface area contributed by atoms with Gasteiger partial charge in [-0.05, 0) is 78.8 Å². The molecular weight excluding hydrogens is 942 g/mol. The average molecular weight is 1000 g/mol. The Morgan fingerprint density at radius 3 is 2.18 bits per heavy atom. The van der Waals surface area contributed by atoms with E-state index < -0.39 is 59.8 Å².